The summed E-state index contributed by atoms with van der Waals surface area (Å²) in [6.07, 6.45) is 4.89. The number of likely N-dealkylation sites (tertiary alicyclic amines) is 2. The van der Waals surface area contributed by atoms with Gasteiger partial charge in [-0.3, -0.25) is 4.79 Å². The Balaban J connectivity index is 1.51. The fourth-order valence-electron chi connectivity index (χ4n) is 4.36. The molecular weight excluding hydrogens is 260 g/mol. The zero-order chi connectivity index (χ0) is 14.4. The molecule has 1 unspecified atom stereocenters. The molecule has 21 heavy (non-hydrogen) atoms. The molecular formula is C18H24N2O. The van der Waals surface area contributed by atoms with E-state index in [0.717, 1.165) is 31.8 Å². The Morgan fingerprint density at radius 1 is 1.14 bits per heavy atom. The van der Waals surface area contributed by atoms with E-state index in [-0.39, 0.29) is 11.5 Å². The van der Waals surface area contributed by atoms with Gasteiger partial charge in [-0.05, 0) is 50.3 Å². The van der Waals surface area contributed by atoms with Gasteiger partial charge in [-0.1, -0.05) is 30.3 Å². The summed E-state index contributed by atoms with van der Waals surface area (Å²) < 4.78 is 0. The lowest BCUT2D eigenvalue weighted by atomic mass is 9.62. The van der Waals surface area contributed by atoms with Crippen molar-refractivity contribution < 1.29 is 4.79 Å². The summed E-state index contributed by atoms with van der Waals surface area (Å²) >= 11 is 0. The molecule has 0 N–H and O–H groups in total. The van der Waals surface area contributed by atoms with Gasteiger partial charge in [-0.25, -0.2) is 0 Å². The summed E-state index contributed by atoms with van der Waals surface area (Å²) in [5.74, 6) is 1.31. The van der Waals surface area contributed by atoms with E-state index in [4.69, 9.17) is 0 Å². The fraction of sp³-hybridized carbons (Fsp3) is 0.611. The molecule has 1 aromatic carbocycles. The van der Waals surface area contributed by atoms with Crippen molar-refractivity contribution in [2.75, 3.05) is 26.7 Å². The van der Waals surface area contributed by atoms with Crippen molar-refractivity contribution in [1.29, 1.82) is 0 Å². The number of nitrogens with zero attached hydrogens (tertiary/aromatic N) is 2. The molecule has 3 fully saturated rings. The molecule has 1 aliphatic carbocycles. The van der Waals surface area contributed by atoms with Crippen molar-refractivity contribution in [2.45, 2.75) is 31.7 Å². The van der Waals surface area contributed by atoms with Gasteiger partial charge in [0.2, 0.25) is 5.91 Å². The summed E-state index contributed by atoms with van der Waals surface area (Å²) in [6.45, 7) is 3.45. The quantitative estimate of drug-likeness (QED) is 0.797. The minimum atomic E-state index is -0.115. The highest BCUT2D eigenvalue weighted by Crippen LogP contribution is 2.55. The van der Waals surface area contributed by atoms with Crippen LogP contribution in [-0.2, 0) is 4.79 Å². The Morgan fingerprint density at radius 3 is 2.43 bits per heavy atom. The number of hydrogen-bond acceptors (Lipinski definition) is 2. The maximum atomic E-state index is 12.6. The number of β-lactam (4-membered cyclic amide) rings is 1. The molecule has 4 rings (SSSR count). The highest BCUT2D eigenvalue weighted by Gasteiger charge is 2.59. The molecule has 1 amide bonds. The zero-order valence-electron chi connectivity index (χ0n) is 12.8. The van der Waals surface area contributed by atoms with E-state index >= 15 is 0 Å². The van der Waals surface area contributed by atoms with Crippen molar-refractivity contribution in [3.05, 3.63) is 35.9 Å². The van der Waals surface area contributed by atoms with Crippen LogP contribution in [-0.4, -0.2) is 42.4 Å². The van der Waals surface area contributed by atoms with Crippen LogP contribution in [0.15, 0.2) is 30.3 Å². The molecule has 3 aliphatic rings. The van der Waals surface area contributed by atoms with Crippen LogP contribution in [0.4, 0.5) is 0 Å². The lowest BCUT2D eigenvalue weighted by Crippen LogP contribution is -2.64. The van der Waals surface area contributed by atoms with E-state index in [1.165, 1.54) is 24.9 Å². The van der Waals surface area contributed by atoms with Gasteiger partial charge in [-0.15, -0.1) is 0 Å². The largest absolute Gasteiger partial charge is 0.337 e. The van der Waals surface area contributed by atoms with E-state index in [2.05, 4.69) is 35.2 Å². The number of benzene rings is 1. The first-order valence-electron chi connectivity index (χ1n) is 8.25. The molecule has 0 radical (unpaired) electrons. The van der Waals surface area contributed by atoms with Gasteiger partial charge in [0.1, 0.15) is 0 Å². The molecule has 3 heteroatoms. The van der Waals surface area contributed by atoms with Crippen LogP contribution < -0.4 is 0 Å². The van der Waals surface area contributed by atoms with Crippen molar-refractivity contribution in [2.24, 2.45) is 11.3 Å². The third-order valence-corrected chi connectivity index (χ3v) is 5.73. The summed E-state index contributed by atoms with van der Waals surface area (Å²) in [5, 5.41) is 0. The Hall–Kier alpha value is -1.35. The highest BCUT2D eigenvalue weighted by atomic mass is 16.2. The van der Waals surface area contributed by atoms with Crippen LogP contribution >= 0.6 is 0 Å². The molecule has 0 bridgehead atoms. The highest BCUT2D eigenvalue weighted by molar-refractivity contribution is 5.90. The minimum absolute atomic E-state index is 0.115. The van der Waals surface area contributed by atoms with Gasteiger partial charge >= 0.3 is 0 Å². The first-order valence-corrected chi connectivity index (χ1v) is 8.25. The van der Waals surface area contributed by atoms with Gasteiger partial charge in [0.15, 0.2) is 0 Å². The third-order valence-electron chi connectivity index (χ3n) is 5.73. The predicted octanol–water partition coefficient (Wildman–Crippen LogP) is 2.69. The number of carbonyl (C=O) groups excluding carboxylic acids is 1. The van der Waals surface area contributed by atoms with Crippen molar-refractivity contribution in [3.63, 3.8) is 0 Å². The van der Waals surface area contributed by atoms with Crippen LogP contribution in [0.2, 0.25) is 0 Å². The summed E-state index contributed by atoms with van der Waals surface area (Å²) in [6, 6.07) is 10.9. The van der Waals surface area contributed by atoms with Gasteiger partial charge in [0.05, 0.1) is 11.5 Å². The van der Waals surface area contributed by atoms with E-state index in [1.54, 1.807) is 0 Å². The lowest BCUT2D eigenvalue weighted by Gasteiger charge is -2.58. The molecule has 2 heterocycles. The predicted molar refractivity (Wildman–Crippen MR) is 82.8 cm³/mol. The van der Waals surface area contributed by atoms with Crippen molar-refractivity contribution in [3.8, 4) is 0 Å². The van der Waals surface area contributed by atoms with Gasteiger partial charge in [-0.2, -0.15) is 0 Å². The molecule has 0 aromatic heterocycles. The van der Waals surface area contributed by atoms with Crippen molar-refractivity contribution in [1.82, 2.24) is 9.80 Å². The molecule has 1 spiro atoms. The molecule has 2 aliphatic heterocycles. The van der Waals surface area contributed by atoms with Crippen LogP contribution in [0.1, 0.15) is 37.3 Å². The monoisotopic (exact) mass is 284 g/mol. The topological polar surface area (TPSA) is 23.6 Å². The lowest BCUT2D eigenvalue weighted by molar-refractivity contribution is -0.176. The number of amides is 1. The number of hydrogen-bond donors (Lipinski definition) is 0. The van der Waals surface area contributed by atoms with Crippen LogP contribution in [0.3, 0.4) is 0 Å². The smallest absolute Gasteiger partial charge is 0.231 e. The van der Waals surface area contributed by atoms with Crippen molar-refractivity contribution >= 4 is 5.91 Å². The third kappa shape index (κ3) is 2.10. The average Bonchev–Trinajstić information content (AvgIpc) is 3.34. The standard InChI is InChI=1S/C18H24N2O/c1-19-16(15-5-3-2-4-6-15)18(17(19)21)9-11-20(12-10-18)13-14-7-8-14/h2-6,14,16H,7-13H2,1H3. The number of piperidine rings is 1. The second-order valence-electron chi connectivity index (χ2n) is 7.13. The van der Waals surface area contributed by atoms with Gasteiger partial charge in [0, 0.05) is 13.6 Å². The second kappa shape index (κ2) is 4.84. The maximum Gasteiger partial charge on any atom is 0.231 e. The Kier molecular flexibility index (Phi) is 3.07. The second-order valence-corrected chi connectivity index (χ2v) is 7.13. The Morgan fingerprint density at radius 2 is 1.81 bits per heavy atom. The van der Waals surface area contributed by atoms with E-state index < -0.39 is 0 Å². The molecule has 1 saturated carbocycles. The van der Waals surface area contributed by atoms with Crippen LogP contribution in [0.25, 0.3) is 0 Å². The number of rotatable bonds is 3. The molecule has 112 valence electrons. The minimum Gasteiger partial charge on any atom is -0.337 e. The average molecular weight is 284 g/mol. The zero-order valence-corrected chi connectivity index (χ0v) is 12.8. The number of carbonyl (C=O) groups is 1. The molecule has 2 saturated heterocycles. The SMILES string of the molecule is CN1C(=O)C2(CCN(CC3CC3)CC2)C1c1ccccc1. The van der Waals surface area contributed by atoms with Gasteiger partial charge < -0.3 is 9.80 Å². The van der Waals surface area contributed by atoms with E-state index in [1.807, 2.05) is 11.9 Å². The Bertz CT molecular complexity index is 529. The summed E-state index contributed by atoms with van der Waals surface area (Å²) in [5.41, 5.74) is 1.19. The fourth-order valence-corrected chi connectivity index (χ4v) is 4.36. The molecule has 3 nitrogen and oxygen atoms in total. The van der Waals surface area contributed by atoms with E-state index in [9.17, 15) is 4.79 Å². The summed E-state index contributed by atoms with van der Waals surface area (Å²) in [7, 11) is 1.96. The first-order chi connectivity index (χ1) is 10.2. The van der Waals surface area contributed by atoms with Gasteiger partial charge in [0.25, 0.3) is 0 Å². The van der Waals surface area contributed by atoms with Crippen LogP contribution in [0, 0.1) is 11.3 Å². The maximum absolute atomic E-state index is 12.6. The molecule has 1 aromatic rings. The summed E-state index contributed by atoms with van der Waals surface area (Å²) in [4.78, 5) is 17.1. The van der Waals surface area contributed by atoms with E-state index in [0.29, 0.717) is 5.91 Å². The van der Waals surface area contributed by atoms with Crippen LogP contribution in [0.5, 0.6) is 0 Å². The first kappa shape index (κ1) is 13.3. The molecule has 1 atom stereocenters. The Labute approximate surface area is 126 Å². The normalized spacial score (nSPS) is 28.7.